The van der Waals surface area contributed by atoms with Gasteiger partial charge in [-0.15, -0.1) is 0 Å². The maximum Gasteiger partial charge on any atom is 0.265 e. The van der Waals surface area contributed by atoms with E-state index in [2.05, 4.69) is 15.2 Å². The first-order valence-corrected chi connectivity index (χ1v) is 10.2. The summed E-state index contributed by atoms with van der Waals surface area (Å²) < 4.78 is 3.12. The number of pyridine rings is 1. The van der Waals surface area contributed by atoms with Crippen LogP contribution in [0.15, 0.2) is 42.9 Å². The summed E-state index contributed by atoms with van der Waals surface area (Å²) in [6.07, 6.45) is 8.95. The lowest BCUT2D eigenvalue weighted by atomic mass is 10.2. The molecule has 0 bridgehead atoms. The number of hydrogen-bond donors (Lipinski definition) is 0. The fourth-order valence-electron chi connectivity index (χ4n) is 3.51. The molecule has 0 spiro atoms. The second-order valence-electron chi connectivity index (χ2n) is 7.22. The van der Waals surface area contributed by atoms with E-state index in [0.717, 1.165) is 23.4 Å². The molecule has 0 atom stereocenters. The van der Waals surface area contributed by atoms with Gasteiger partial charge in [0.25, 0.3) is 11.8 Å². The summed E-state index contributed by atoms with van der Waals surface area (Å²) in [5.74, 6) is -0.475. The van der Waals surface area contributed by atoms with E-state index in [4.69, 9.17) is 11.6 Å². The Balaban J connectivity index is 1.43. The molecular weight excluding hydrogens is 418 g/mol. The van der Waals surface area contributed by atoms with Gasteiger partial charge in [-0.25, -0.2) is 10.0 Å². The number of halogens is 1. The standard InChI is InChI=1S/C21H22ClN7O2/c1-15-17(21(22)26(2)24-15)6-7-19(30)28-10-4-11-29(28)20(31)14-27-12-8-18(25-27)16-5-3-9-23-13-16/h3,5-9,12-13H,4,10-11,14H2,1-2H3. The molecule has 4 heterocycles. The molecule has 0 N–H and O–H groups in total. The minimum absolute atomic E-state index is 0.0430. The third-order valence-corrected chi connectivity index (χ3v) is 5.51. The molecule has 3 aromatic heterocycles. The van der Waals surface area contributed by atoms with Gasteiger partial charge in [0.1, 0.15) is 11.7 Å². The zero-order valence-corrected chi connectivity index (χ0v) is 18.0. The second-order valence-corrected chi connectivity index (χ2v) is 7.58. The molecule has 1 aliphatic heterocycles. The van der Waals surface area contributed by atoms with Gasteiger partial charge in [-0.2, -0.15) is 10.2 Å². The number of rotatable bonds is 5. The Labute approximate surface area is 184 Å². The van der Waals surface area contributed by atoms with E-state index in [1.165, 1.54) is 16.1 Å². The van der Waals surface area contributed by atoms with Crippen molar-refractivity contribution in [2.45, 2.75) is 19.9 Å². The maximum absolute atomic E-state index is 12.9. The van der Waals surface area contributed by atoms with Crippen LogP contribution in [0.1, 0.15) is 17.7 Å². The summed E-state index contributed by atoms with van der Waals surface area (Å²) in [5, 5.41) is 12.1. The molecule has 10 heteroatoms. The molecule has 0 aliphatic carbocycles. The minimum Gasteiger partial charge on any atom is -0.271 e. The fraction of sp³-hybridized carbons (Fsp3) is 0.286. The Morgan fingerprint density at radius 3 is 2.71 bits per heavy atom. The summed E-state index contributed by atoms with van der Waals surface area (Å²) in [6.45, 7) is 2.84. The van der Waals surface area contributed by atoms with Gasteiger partial charge in [-0.05, 0) is 37.6 Å². The van der Waals surface area contributed by atoms with Gasteiger partial charge in [0, 0.05) is 55.9 Å². The number of aromatic nitrogens is 5. The topological polar surface area (TPSA) is 89.2 Å². The van der Waals surface area contributed by atoms with E-state index >= 15 is 0 Å². The van der Waals surface area contributed by atoms with Crippen LogP contribution in [0.3, 0.4) is 0 Å². The number of nitrogens with zero attached hydrogens (tertiary/aromatic N) is 7. The smallest absolute Gasteiger partial charge is 0.265 e. The van der Waals surface area contributed by atoms with Crippen molar-refractivity contribution < 1.29 is 9.59 Å². The summed E-state index contributed by atoms with van der Waals surface area (Å²) >= 11 is 6.22. The molecular formula is C21H22ClN7O2. The zero-order chi connectivity index (χ0) is 22.0. The Hall–Kier alpha value is -3.46. The molecule has 0 aromatic carbocycles. The van der Waals surface area contributed by atoms with Crippen LogP contribution in [-0.2, 0) is 23.2 Å². The quantitative estimate of drug-likeness (QED) is 0.569. The van der Waals surface area contributed by atoms with Crippen molar-refractivity contribution in [3.05, 3.63) is 59.3 Å². The highest BCUT2D eigenvalue weighted by atomic mass is 35.5. The molecule has 0 radical (unpaired) electrons. The third-order valence-electron chi connectivity index (χ3n) is 5.06. The first kappa shape index (κ1) is 20.8. The van der Waals surface area contributed by atoms with E-state index in [1.807, 2.05) is 25.1 Å². The third kappa shape index (κ3) is 4.36. The predicted octanol–water partition coefficient (Wildman–Crippen LogP) is 2.33. The van der Waals surface area contributed by atoms with E-state index in [9.17, 15) is 9.59 Å². The molecule has 0 unspecified atom stereocenters. The zero-order valence-electron chi connectivity index (χ0n) is 17.3. The van der Waals surface area contributed by atoms with Crippen LogP contribution in [0.4, 0.5) is 0 Å². The van der Waals surface area contributed by atoms with Crippen LogP contribution in [0, 0.1) is 6.92 Å². The summed E-state index contributed by atoms with van der Waals surface area (Å²) in [7, 11) is 1.74. The van der Waals surface area contributed by atoms with Crippen molar-refractivity contribution in [2.75, 3.05) is 13.1 Å². The van der Waals surface area contributed by atoms with E-state index in [-0.39, 0.29) is 18.4 Å². The molecule has 9 nitrogen and oxygen atoms in total. The number of hydrazine groups is 1. The summed E-state index contributed by atoms with van der Waals surface area (Å²) in [4.78, 5) is 29.7. The maximum atomic E-state index is 12.9. The molecule has 1 saturated heterocycles. The highest BCUT2D eigenvalue weighted by Crippen LogP contribution is 2.21. The second kappa shape index (κ2) is 8.73. The van der Waals surface area contributed by atoms with Gasteiger partial charge < -0.3 is 0 Å². The first-order chi connectivity index (χ1) is 14.9. The van der Waals surface area contributed by atoms with Gasteiger partial charge >= 0.3 is 0 Å². The van der Waals surface area contributed by atoms with E-state index in [0.29, 0.717) is 23.8 Å². The number of carbonyl (C=O) groups excluding carboxylic acids is 2. The predicted molar refractivity (Wildman–Crippen MR) is 115 cm³/mol. The van der Waals surface area contributed by atoms with Crippen LogP contribution in [0.5, 0.6) is 0 Å². The first-order valence-electron chi connectivity index (χ1n) is 9.87. The molecule has 1 aliphatic rings. The SMILES string of the molecule is Cc1nn(C)c(Cl)c1C=CC(=O)N1CCCN1C(=O)Cn1ccc(-c2cccnc2)n1. The normalized spacial score (nSPS) is 14.0. The van der Waals surface area contributed by atoms with Gasteiger partial charge in [0.15, 0.2) is 0 Å². The summed E-state index contributed by atoms with van der Waals surface area (Å²) in [6, 6.07) is 5.58. The molecule has 2 amide bonds. The van der Waals surface area contributed by atoms with Crippen molar-refractivity contribution in [3.63, 3.8) is 0 Å². The molecule has 31 heavy (non-hydrogen) atoms. The lowest BCUT2D eigenvalue weighted by molar-refractivity contribution is -0.155. The van der Waals surface area contributed by atoms with Gasteiger partial charge in [-0.3, -0.25) is 23.9 Å². The van der Waals surface area contributed by atoms with Crippen molar-refractivity contribution in [2.24, 2.45) is 7.05 Å². The highest BCUT2D eigenvalue weighted by molar-refractivity contribution is 6.31. The molecule has 4 rings (SSSR count). The number of amides is 2. The Bertz CT molecular complexity index is 1140. The van der Waals surface area contributed by atoms with E-state index in [1.54, 1.807) is 41.1 Å². The van der Waals surface area contributed by atoms with Crippen LogP contribution in [0.25, 0.3) is 17.3 Å². The highest BCUT2D eigenvalue weighted by Gasteiger charge is 2.29. The van der Waals surface area contributed by atoms with Gasteiger partial charge in [0.05, 0.1) is 11.4 Å². The van der Waals surface area contributed by atoms with Crippen LogP contribution >= 0.6 is 11.6 Å². The van der Waals surface area contributed by atoms with Gasteiger partial charge in [0.2, 0.25) is 0 Å². The van der Waals surface area contributed by atoms with Crippen LogP contribution < -0.4 is 0 Å². The molecule has 0 saturated carbocycles. The number of aryl methyl sites for hydroxylation is 2. The van der Waals surface area contributed by atoms with Crippen LogP contribution in [-0.4, -0.2) is 59.5 Å². The van der Waals surface area contributed by atoms with Crippen molar-refractivity contribution >= 4 is 29.5 Å². The van der Waals surface area contributed by atoms with Crippen molar-refractivity contribution in [1.29, 1.82) is 0 Å². The summed E-state index contributed by atoms with van der Waals surface area (Å²) in [5.41, 5.74) is 3.03. The largest absolute Gasteiger partial charge is 0.271 e. The number of hydrogen-bond acceptors (Lipinski definition) is 5. The minimum atomic E-state index is -0.276. The lowest BCUT2D eigenvalue weighted by Gasteiger charge is -2.26. The Kier molecular flexibility index (Phi) is 5.85. The van der Waals surface area contributed by atoms with Crippen molar-refractivity contribution in [1.82, 2.24) is 34.6 Å². The average molecular weight is 440 g/mol. The lowest BCUT2D eigenvalue weighted by Crippen LogP contribution is -2.45. The molecule has 160 valence electrons. The molecule has 1 fully saturated rings. The van der Waals surface area contributed by atoms with Gasteiger partial charge in [-0.1, -0.05) is 11.6 Å². The number of carbonyl (C=O) groups is 2. The van der Waals surface area contributed by atoms with E-state index < -0.39 is 0 Å². The fourth-order valence-corrected chi connectivity index (χ4v) is 3.75. The Morgan fingerprint density at radius 1 is 1.19 bits per heavy atom. The Morgan fingerprint density at radius 2 is 2.00 bits per heavy atom. The average Bonchev–Trinajstić information content (AvgIpc) is 3.48. The van der Waals surface area contributed by atoms with Crippen molar-refractivity contribution in [3.8, 4) is 11.3 Å². The van der Waals surface area contributed by atoms with Crippen LogP contribution in [0.2, 0.25) is 5.15 Å². The monoisotopic (exact) mass is 439 g/mol. The molecule has 3 aromatic rings.